The molecule has 2 aromatic rings. The fourth-order valence-corrected chi connectivity index (χ4v) is 5.94. The van der Waals surface area contributed by atoms with E-state index >= 15 is 0 Å². The minimum Gasteiger partial charge on any atom is -0.477 e. The van der Waals surface area contributed by atoms with E-state index in [1.165, 1.54) is 35.7 Å². The van der Waals surface area contributed by atoms with Crippen molar-refractivity contribution in [3.63, 3.8) is 0 Å². The summed E-state index contributed by atoms with van der Waals surface area (Å²) < 4.78 is 1.63. The van der Waals surface area contributed by atoms with Crippen molar-refractivity contribution in [2.24, 2.45) is 22.6 Å². The minimum absolute atomic E-state index is 0.105. The first kappa shape index (κ1) is 25.2. The third kappa shape index (κ3) is 4.07. The maximum absolute atomic E-state index is 13.3. The summed E-state index contributed by atoms with van der Waals surface area (Å²) in [7, 11) is 0. The lowest BCUT2D eigenvalue weighted by molar-refractivity contribution is -0.163. The summed E-state index contributed by atoms with van der Waals surface area (Å²) in [6.07, 6.45) is 8.43. The molecule has 4 rings (SSSR count). The van der Waals surface area contributed by atoms with E-state index in [0.29, 0.717) is 15.3 Å². The molecule has 0 aliphatic carbocycles. The van der Waals surface area contributed by atoms with E-state index in [1.807, 2.05) is 6.92 Å². The molecule has 36 heavy (non-hydrogen) atoms. The normalized spacial score (nSPS) is 23.1. The number of amides is 2. The van der Waals surface area contributed by atoms with Gasteiger partial charge in [-0.15, -0.1) is 11.3 Å². The molecule has 2 aliphatic heterocycles. The number of aliphatic hydroxyl groups is 1. The number of carboxylic acid groups (broad SMARTS) is 1. The smallest absolute Gasteiger partial charge is 0.352 e. The molecule has 2 amide bonds. The highest BCUT2D eigenvalue weighted by atomic mass is 32.1. The van der Waals surface area contributed by atoms with Gasteiger partial charge < -0.3 is 20.8 Å². The van der Waals surface area contributed by atoms with Crippen LogP contribution in [0.1, 0.15) is 36.1 Å². The number of primary amides is 1. The second-order valence-electron chi connectivity index (χ2n) is 8.64. The first-order valence-electron chi connectivity index (χ1n) is 11.2. The Morgan fingerprint density at radius 3 is 2.69 bits per heavy atom. The quantitative estimate of drug-likeness (QED) is 0.150. The van der Waals surface area contributed by atoms with Crippen molar-refractivity contribution in [1.82, 2.24) is 14.3 Å². The summed E-state index contributed by atoms with van der Waals surface area (Å²) in [6.45, 7) is 4.87. The van der Waals surface area contributed by atoms with Gasteiger partial charge in [0.05, 0.1) is 22.9 Å². The van der Waals surface area contributed by atoms with E-state index < -0.39 is 41.6 Å². The van der Waals surface area contributed by atoms with Gasteiger partial charge in [0.1, 0.15) is 29.1 Å². The molecule has 4 atom stereocenters. The van der Waals surface area contributed by atoms with E-state index in [1.54, 1.807) is 35.7 Å². The van der Waals surface area contributed by atoms with Crippen molar-refractivity contribution in [2.45, 2.75) is 32.9 Å². The number of aliphatic hydroxyl groups excluding tert-OH is 1. The Balaban J connectivity index is 1.75. The number of nitrogens with zero attached hydrogens (tertiary/aromatic N) is 4. The molecule has 2 aliphatic rings. The number of nitrogens with two attached hydrogens (primary N) is 1. The average Bonchev–Trinajstić information content (AvgIpc) is 3.45. The molecule has 1 fully saturated rings. The number of imidazole rings is 1. The summed E-state index contributed by atoms with van der Waals surface area (Å²) in [5.41, 5.74) is 5.82. The van der Waals surface area contributed by atoms with Crippen molar-refractivity contribution in [2.75, 3.05) is 6.54 Å². The highest BCUT2D eigenvalue weighted by Crippen LogP contribution is 2.51. The Kier molecular flexibility index (Phi) is 6.74. The fraction of sp³-hybridized carbons (Fsp3) is 0.333. The second kappa shape index (κ2) is 9.63. The Hall–Kier alpha value is -3.90. The van der Waals surface area contributed by atoms with Gasteiger partial charge in [-0.05, 0) is 19.9 Å². The Morgan fingerprint density at radius 1 is 1.36 bits per heavy atom. The number of carbonyl (C=O) groups excluding carboxylic acids is 3. The van der Waals surface area contributed by atoms with Crippen molar-refractivity contribution in [3.8, 4) is 0 Å². The van der Waals surface area contributed by atoms with Crippen LogP contribution in [0.15, 0.2) is 47.0 Å². The molecular weight excluding hydrogens is 486 g/mol. The van der Waals surface area contributed by atoms with Crippen LogP contribution in [0, 0.1) is 11.8 Å². The molecule has 0 saturated carbocycles. The van der Waals surface area contributed by atoms with Crippen LogP contribution in [0.3, 0.4) is 0 Å². The molecule has 0 bridgehead atoms. The monoisotopic (exact) mass is 511 g/mol. The topological polar surface area (TPSA) is 168 Å². The zero-order chi connectivity index (χ0) is 26.3. The molecule has 12 heteroatoms. The first-order valence-corrected chi connectivity index (χ1v) is 12.0. The number of fused-ring (bicyclic) bond motifs is 2. The standard InChI is InChI=1S/C24H25N5O6S/c1-4-5-6-13(7-26-8-15(25)31)21(32)18-23-28(10-27-18)9-14(36-23)16-11(2)19-17(12(3)30)22(33)29(19)20(16)24(34)35/h4-7,9-12,17,19,30H,8H2,1-3H3,(H2,25,31)(H,34,35)/b5-4-,13-6+,26-7+/t11-,12+,17+,19+/m0/s1. The molecule has 188 valence electrons. The van der Waals surface area contributed by atoms with Crippen LogP contribution in [0.25, 0.3) is 10.4 Å². The fourth-order valence-electron chi connectivity index (χ4n) is 4.72. The number of ketones is 1. The van der Waals surface area contributed by atoms with Gasteiger partial charge in [0.15, 0.2) is 0 Å². The van der Waals surface area contributed by atoms with Crippen LogP contribution in [-0.2, 0) is 14.4 Å². The Labute approximate surface area is 209 Å². The molecular formula is C24H25N5O6S. The number of aliphatic imine (C=N–C) groups is 1. The summed E-state index contributed by atoms with van der Waals surface area (Å²) in [6, 6.07) is -0.448. The summed E-state index contributed by atoms with van der Waals surface area (Å²) in [5.74, 6) is -3.72. The number of hydrogen-bond acceptors (Lipinski definition) is 8. The zero-order valence-corrected chi connectivity index (χ0v) is 20.6. The Morgan fingerprint density at radius 2 is 2.08 bits per heavy atom. The van der Waals surface area contributed by atoms with Crippen molar-refractivity contribution in [3.05, 3.63) is 52.6 Å². The van der Waals surface area contributed by atoms with Crippen molar-refractivity contribution in [1.29, 1.82) is 0 Å². The lowest BCUT2D eigenvalue weighted by atomic mass is 9.77. The minimum atomic E-state index is -1.23. The van der Waals surface area contributed by atoms with Crippen LogP contribution in [0.4, 0.5) is 0 Å². The first-order chi connectivity index (χ1) is 17.1. The summed E-state index contributed by atoms with van der Waals surface area (Å²) >= 11 is 1.19. The van der Waals surface area contributed by atoms with Crippen molar-refractivity contribution < 1.29 is 29.4 Å². The van der Waals surface area contributed by atoms with Crippen LogP contribution in [-0.4, -0.2) is 73.0 Å². The molecule has 0 unspecified atom stereocenters. The third-order valence-corrected chi connectivity index (χ3v) is 7.42. The number of thiazole rings is 1. The number of β-lactam (4-membered cyclic amide) rings is 1. The zero-order valence-electron chi connectivity index (χ0n) is 19.8. The molecule has 11 nitrogen and oxygen atoms in total. The molecule has 0 radical (unpaired) electrons. The van der Waals surface area contributed by atoms with Gasteiger partial charge in [-0.2, -0.15) is 0 Å². The van der Waals surface area contributed by atoms with Crippen LogP contribution in [0.2, 0.25) is 0 Å². The lowest BCUT2D eigenvalue weighted by Crippen LogP contribution is -2.63. The maximum Gasteiger partial charge on any atom is 0.352 e. The number of hydrogen-bond donors (Lipinski definition) is 3. The number of Topliss-reactive ketones (excluding diaryl/α,β-unsaturated/α-hetero) is 1. The number of aromatic nitrogens is 2. The lowest BCUT2D eigenvalue weighted by Gasteiger charge is -2.46. The summed E-state index contributed by atoms with van der Waals surface area (Å²) in [5, 5.41) is 20.0. The molecule has 2 aromatic heterocycles. The van der Waals surface area contributed by atoms with Crippen LogP contribution in [0.5, 0.6) is 0 Å². The molecule has 4 N–H and O–H groups in total. The van der Waals surface area contributed by atoms with Gasteiger partial charge in [-0.25, -0.2) is 9.78 Å². The van der Waals surface area contributed by atoms with Gasteiger partial charge in [0, 0.05) is 29.5 Å². The van der Waals surface area contributed by atoms with Crippen LogP contribution >= 0.6 is 11.3 Å². The Bertz CT molecular complexity index is 1390. The highest BCUT2D eigenvalue weighted by molar-refractivity contribution is 7.18. The largest absolute Gasteiger partial charge is 0.477 e. The van der Waals surface area contributed by atoms with Gasteiger partial charge in [0.25, 0.3) is 0 Å². The van der Waals surface area contributed by atoms with E-state index in [0.717, 1.165) is 0 Å². The molecule has 0 spiro atoms. The number of aliphatic carboxylic acids is 1. The molecule has 0 aromatic carbocycles. The van der Waals surface area contributed by atoms with Gasteiger partial charge in [0.2, 0.25) is 17.6 Å². The van der Waals surface area contributed by atoms with E-state index in [2.05, 4.69) is 9.98 Å². The number of rotatable bonds is 9. The van der Waals surface area contributed by atoms with E-state index in [-0.39, 0.29) is 29.4 Å². The van der Waals surface area contributed by atoms with E-state index in [4.69, 9.17) is 5.73 Å². The highest BCUT2D eigenvalue weighted by Gasteiger charge is 2.60. The number of carboxylic acids is 1. The second-order valence-corrected chi connectivity index (χ2v) is 9.67. The van der Waals surface area contributed by atoms with Crippen LogP contribution < -0.4 is 5.73 Å². The predicted octanol–water partition coefficient (Wildman–Crippen LogP) is 1.29. The molecule has 1 saturated heterocycles. The third-order valence-electron chi connectivity index (χ3n) is 6.27. The molecule has 4 heterocycles. The predicted molar refractivity (Wildman–Crippen MR) is 132 cm³/mol. The number of carbonyl (C=O) groups is 4. The number of allylic oxidation sites excluding steroid dienone is 4. The van der Waals surface area contributed by atoms with Crippen molar-refractivity contribution >= 4 is 51.5 Å². The summed E-state index contributed by atoms with van der Waals surface area (Å²) in [4.78, 5) is 59.6. The van der Waals surface area contributed by atoms with Gasteiger partial charge >= 0.3 is 5.97 Å². The van der Waals surface area contributed by atoms with Gasteiger partial charge in [-0.3, -0.25) is 23.8 Å². The van der Waals surface area contributed by atoms with Gasteiger partial charge in [-0.1, -0.05) is 19.1 Å². The average molecular weight is 512 g/mol. The maximum atomic E-state index is 13.3. The SMILES string of the molecule is C\C=C/C=C(\C=N\CC(N)=O)C(=O)c1ncn2cc(C3=C(C(=O)O)N4C(=O)[C@H]([C@@H](C)O)[C@H]4[C@H]3C)sc12. The van der Waals surface area contributed by atoms with E-state index in [9.17, 15) is 29.4 Å².